The summed E-state index contributed by atoms with van der Waals surface area (Å²) in [5.41, 5.74) is 4.72. The maximum Gasteiger partial charge on any atom is 0.257 e. The SMILES string of the molecule is Cc1ccc(OCCCn2c(CCCCCNC(=O)COc3ccc(Cl)cc3)nc3ccccc32)cc1C. The number of imidazole rings is 1. The van der Waals surface area contributed by atoms with Gasteiger partial charge in [-0.05, 0) is 92.8 Å². The molecule has 6 nitrogen and oxygen atoms in total. The lowest BCUT2D eigenvalue weighted by atomic mass is 10.1. The lowest BCUT2D eigenvalue weighted by Gasteiger charge is -2.11. The molecule has 200 valence electrons. The van der Waals surface area contributed by atoms with Crippen LogP contribution in [0.5, 0.6) is 11.5 Å². The second kappa shape index (κ2) is 13.9. The molecule has 0 aliphatic heterocycles. The predicted molar refractivity (Wildman–Crippen MR) is 153 cm³/mol. The maximum atomic E-state index is 12.0. The van der Waals surface area contributed by atoms with E-state index in [1.165, 1.54) is 16.6 Å². The second-order valence-corrected chi connectivity index (χ2v) is 9.96. The molecule has 0 spiro atoms. The van der Waals surface area contributed by atoms with E-state index in [0.29, 0.717) is 23.9 Å². The fourth-order valence-corrected chi connectivity index (χ4v) is 4.45. The number of halogens is 1. The van der Waals surface area contributed by atoms with Gasteiger partial charge in [0, 0.05) is 24.5 Å². The summed E-state index contributed by atoms with van der Waals surface area (Å²) in [6.45, 7) is 6.38. The number of para-hydroxylation sites is 2. The molecule has 0 radical (unpaired) electrons. The average Bonchev–Trinajstić information content (AvgIpc) is 3.27. The van der Waals surface area contributed by atoms with Gasteiger partial charge in [-0.2, -0.15) is 0 Å². The van der Waals surface area contributed by atoms with Gasteiger partial charge in [-0.3, -0.25) is 4.79 Å². The van der Waals surface area contributed by atoms with Crippen molar-refractivity contribution in [3.05, 3.63) is 88.7 Å². The summed E-state index contributed by atoms with van der Waals surface area (Å²) < 4.78 is 13.8. The van der Waals surface area contributed by atoms with E-state index in [1.54, 1.807) is 24.3 Å². The smallest absolute Gasteiger partial charge is 0.257 e. The Morgan fingerprint density at radius 3 is 2.50 bits per heavy atom. The van der Waals surface area contributed by atoms with E-state index in [9.17, 15) is 4.79 Å². The van der Waals surface area contributed by atoms with Crippen LogP contribution in [0.4, 0.5) is 0 Å². The molecule has 0 bridgehead atoms. The zero-order chi connectivity index (χ0) is 26.7. The lowest BCUT2D eigenvalue weighted by molar-refractivity contribution is -0.123. The van der Waals surface area contributed by atoms with Gasteiger partial charge in [0.15, 0.2) is 6.61 Å². The van der Waals surface area contributed by atoms with Crippen molar-refractivity contribution in [1.29, 1.82) is 0 Å². The highest BCUT2D eigenvalue weighted by Gasteiger charge is 2.10. The molecule has 38 heavy (non-hydrogen) atoms. The number of nitrogens with one attached hydrogen (secondary N) is 1. The number of unbranched alkanes of at least 4 members (excludes halogenated alkanes) is 2. The Kier molecular flexibility index (Phi) is 10.0. The monoisotopic (exact) mass is 533 g/mol. The molecule has 0 saturated heterocycles. The Morgan fingerprint density at radius 2 is 1.68 bits per heavy atom. The number of amides is 1. The predicted octanol–water partition coefficient (Wildman–Crippen LogP) is 6.68. The van der Waals surface area contributed by atoms with Gasteiger partial charge in [0.1, 0.15) is 17.3 Å². The number of rotatable bonds is 14. The highest BCUT2D eigenvalue weighted by atomic mass is 35.5. The maximum absolute atomic E-state index is 12.0. The van der Waals surface area contributed by atoms with Crippen molar-refractivity contribution in [2.75, 3.05) is 19.8 Å². The third-order valence-electron chi connectivity index (χ3n) is 6.59. The van der Waals surface area contributed by atoms with Crippen LogP contribution in [-0.2, 0) is 17.8 Å². The van der Waals surface area contributed by atoms with E-state index in [-0.39, 0.29) is 12.5 Å². The van der Waals surface area contributed by atoms with Crippen molar-refractivity contribution >= 4 is 28.5 Å². The first-order chi connectivity index (χ1) is 18.5. The Bertz CT molecular complexity index is 1330. The number of aromatic nitrogens is 2. The van der Waals surface area contributed by atoms with Gasteiger partial charge in [-0.15, -0.1) is 0 Å². The summed E-state index contributed by atoms with van der Waals surface area (Å²) in [5, 5.41) is 3.56. The molecule has 7 heteroatoms. The van der Waals surface area contributed by atoms with Crippen LogP contribution in [0.3, 0.4) is 0 Å². The van der Waals surface area contributed by atoms with Crippen molar-refractivity contribution in [3.63, 3.8) is 0 Å². The minimum absolute atomic E-state index is 0.00110. The number of ether oxygens (including phenoxy) is 2. The zero-order valence-corrected chi connectivity index (χ0v) is 23.0. The Labute approximate surface area is 229 Å². The molecule has 1 aromatic heterocycles. The molecule has 0 unspecified atom stereocenters. The number of aryl methyl sites for hydroxylation is 4. The summed E-state index contributed by atoms with van der Waals surface area (Å²) in [5.74, 6) is 2.54. The molecule has 1 amide bonds. The van der Waals surface area contributed by atoms with E-state index in [2.05, 4.69) is 54.1 Å². The van der Waals surface area contributed by atoms with E-state index in [0.717, 1.165) is 55.7 Å². The van der Waals surface area contributed by atoms with E-state index < -0.39 is 0 Å². The van der Waals surface area contributed by atoms with Gasteiger partial charge in [0.05, 0.1) is 17.6 Å². The minimum Gasteiger partial charge on any atom is -0.494 e. The Balaban J connectivity index is 1.18. The van der Waals surface area contributed by atoms with Crippen molar-refractivity contribution in [2.45, 2.75) is 52.5 Å². The number of benzene rings is 3. The van der Waals surface area contributed by atoms with Crippen molar-refractivity contribution in [3.8, 4) is 11.5 Å². The van der Waals surface area contributed by atoms with E-state index in [1.807, 2.05) is 12.1 Å². The number of nitrogens with zero attached hydrogens (tertiary/aromatic N) is 2. The van der Waals surface area contributed by atoms with Crippen LogP contribution >= 0.6 is 11.6 Å². The normalized spacial score (nSPS) is 11.0. The molecule has 1 N–H and O–H groups in total. The molecule has 4 rings (SSSR count). The number of carbonyl (C=O) groups is 1. The van der Waals surface area contributed by atoms with Gasteiger partial charge in [0.25, 0.3) is 5.91 Å². The van der Waals surface area contributed by atoms with Gasteiger partial charge < -0.3 is 19.4 Å². The lowest BCUT2D eigenvalue weighted by Crippen LogP contribution is -2.29. The van der Waals surface area contributed by atoms with Gasteiger partial charge in [-0.1, -0.05) is 36.2 Å². The molecule has 0 atom stereocenters. The van der Waals surface area contributed by atoms with Crippen LogP contribution in [-0.4, -0.2) is 35.2 Å². The molecule has 0 aliphatic carbocycles. The molecule has 0 saturated carbocycles. The van der Waals surface area contributed by atoms with Crippen LogP contribution in [0.25, 0.3) is 11.0 Å². The largest absolute Gasteiger partial charge is 0.494 e. The van der Waals surface area contributed by atoms with Crippen molar-refractivity contribution < 1.29 is 14.3 Å². The van der Waals surface area contributed by atoms with Crippen LogP contribution in [0.15, 0.2) is 66.7 Å². The standard InChI is InChI=1S/C31H36ClN3O3/c1-23-12-15-27(21-24(23)2)37-20-8-19-35-29-10-6-5-9-28(29)34-30(35)11-4-3-7-18-33-31(36)22-38-26-16-13-25(32)14-17-26/h5-6,9-10,12-17,21H,3-4,7-8,11,18-20,22H2,1-2H3,(H,33,36). The van der Waals surface area contributed by atoms with Crippen molar-refractivity contribution in [2.24, 2.45) is 0 Å². The first-order valence-corrected chi connectivity index (χ1v) is 13.7. The third-order valence-corrected chi connectivity index (χ3v) is 6.84. The summed E-state index contributed by atoms with van der Waals surface area (Å²) in [7, 11) is 0. The van der Waals surface area contributed by atoms with E-state index in [4.69, 9.17) is 26.1 Å². The molecule has 1 heterocycles. The fourth-order valence-electron chi connectivity index (χ4n) is 4.33. The number of carbonyl (C=O) groups excluding carboxylic acids is 1. The minimum atomic E-state index is -0.121. The van der Waals surface area contributed by atoms with Crippen LogP contribution in [0.1, 0.15) is 42.6 Å². The first-order valence-electron chi connectivity index (χ1n) is 13.3. The summed E-state index contributed by atoms with van der Waals surface area (Å²) >= 11 is 5.87. The molecular weight excluding hydrogens is 498 g/mol. The number of hydrogen-bond acceptors (Lipinski definition) is 4. The molecule has 3 aromatic carbocycles. The third kappa shape index (κ3) is 7.99. The van der Waals surface area contributed by atoms with Gasteiger partial charge in [0.2, 0.25) is 0 Å². The summed E-state index contributed by atoms with van der Waals surface area (Å²) in [6.07, 6.45) is 4.75. The van der Waals surface area contributed by atoms with Crippen LogP contribution in [0.2, 0.25) is 5.02 Å². The summed E-state index contributed by atoms with van der Waals surface area (Å²) in [6, 6.07) is 21.5. The molecule has 0 aliphatic rings. The molecule has 0 fully saturated rings. The van der Waals surface area contributed by atoms with Crippen molar-refractivity contribution in [1.82, 2.24) is 14.9 Å². The first kappa shape index (κ1) is 27.5. The second-order valence-electron chi connectivity index (χ2n) is 9.52. The van der Waals surface area contributed by atoms with Crippen LogP contribution in [0, 0.1) is 13.8 Å². The number of fused-ring (bicyclic) bond motifs is 1. The molecule has 4 aromatic rings. The average molecular weight is 534 g/mol. The quantitative estimate of drug-likeness (QED) is 0.183. The number of hydrogen-bond donors (Lipinski definition) is 1. The van der Waals surface area contributed by atoms with Crippen LogP contribution < -0.4 is 14.8 Å². The summed E-state index contributed by atoms with van der Waals surface area (Å²) in [4.78, 5) is 16.9. The topological polar surface area (TPSA) is 65.4 Å². The fraction of sp³-hybridized carbons (Fsp3) is 0.355. The Morgan fingerprint density at radius 1 is 0.895 bits per heavy atom. The highest BCUT2D eigenvalue weighted by molar-refractivity contribution is 6.30. The highest BCUT2D eigenvalue weighted by Crippen LogP contribution is 2.20. The molecular formula is C31H36ClN3O3. The van der Waals surface area contributed by atoms with Gasteiger partial charge in [-0.25, -0.2) is 4.98 Å². The van der Waals surface area contributed by atoms with Gasteiger partial charge >= 0.3 is 0 Å². The zero-order valence-electron chi connectivity index (χ0n) is 22.2. The van der Waals surface area contributed by atoms with E-state index >= 15 is 0 Å². The Hall–Kier alpha value is -3.51.